The number of aliphatic imine (C=N–C) groups is 1. The molecule has 0 bridgehead atoms. The summed E-state index contributed by atoms with van der Waals surface area (Å²) in [6, 6.07) is 34.4. The topological polar surface area (TPSA) is 114 Å². The first-order chi connectivity index (χ1) is 21.0. The van der Waals surface area contributed by atoms with E-state index >= 15 is 0 Å². The number of carbonyl (C=O) groups is 2. The lowest BCUT2D eigenvalue weighted by Crippen LogP contribution is -2.46. The number of Topliss-reactive ketones (excluding diaryl/α,β-unsaturated/α-hetero) is 1. The normalized spacial score (nSPS) is 17.1. The number of ketones is 1. The maximum atomic E-state index is 14.0. The van der Waals surface area contributed by atoms with Crippen LogP contribution in [0.2, 0.25) is 0 Å². The van der Waals surface area contributed by atoms with Crippen molar-refractivity contribution in [2.24, 2.45) is 16.5 Å². The summed E-state index contributed by atoms with van der Waals surface area (Å²) in [5.41, 5.74) is 14.1. The summed E-state index contributed by atoms with van der Waals surface area (Å²) < 4.78 is 0. The highest BCUT2D eigenvalue weighted by atomic mass is 16.2. The lowest BCUT2D eigenvalue weighted by atomic mass is 9.90. The van der Waals surface area contributed by atoms with Gasteiger partial charge in [0.25, 0.3) is 0 Å². The number of amides is 1. The summed E-state index contributed by atoms with van der Waals surface area (Å²) >= 11 is 0. The predicted molar refractivity (Wildman–Crippen MR) is 174 cm³/mol. The van der Waals surface area contributed by atoms with Gasteiger partial charge in [-0.2, -0.15) is 0 Å². The number of rotatable bonds is 12. The minimum atomic E-state index is -0.371. The highest BCUT2D eigenvalue weighted by Gasteiger charge is 2.32. The van der Waals surface area contributed by atoms with Crippen molar-refractivity contribution in [3.8, 4) is 0 Å². The average molecular weight is 576 g/mol. The Balaban J connectivity index is 1.31. The highest BCUT2D eigenvalue weighted by molar-refractivity contribution is 6.00. The van der Waals surface area contributed by atoms with E-state index in [-0.39, 0.29) is 35.7 Å². The molecule has 1 heterocycles. The molecule has 7 heteroatoms. The van der Waals surface area contributed by atoms with Crippen LogP contribution in [0, 0.1) is 0 Å². The fourth-order valence-electron chi connectivity index (χ4n) is 6.01. The molecule has 7 nitrogen and oxygen atoms in total. The average Bonchev–Trinajstić information content (AvgIpc) is 3.19. The van der Waals surface area contributed by atoms with Crippen molar-refractivity contribution in [1.29, 1.82) is 0 Å². The Labute approximate surface area is 254 Å². The first kappa shape index (κ1) is 30.0. The number of hydrogen-bond donors (Lipinski definition) is 3. The molecule has 2 atom stereocenters. The number of guanidine groups is 1. The van der Waals surface area contributed by atoms with Gasteiger partial charge in [-0.15, -0.1) is 0 Å². The molecule has 0 aliphatic carbocycles. The van der Waals surface area contributed by atoms with E-state index in [9.17, 15) is 9.59 Å². The van der Waals surface area contributed by atoms with Crippen molar-refractivity contribution in [3.05, 3.63) is 120 Å². The fraction of sp³-hybridized carbons (Fsp3) is 0.306. The van der Waals surface area contributed by atoms with Gasteiger partial charge in [0.15, 0.2) is 11.7 Å². The number of hydrogen-bond acceptors (Lipinski definition) is 4. The quantitative estimate of drug-likeness (QED) is 0.0925. The van der Waals surface area contributed by atoms with Crippen LogP contribution in [0.4, 0.5) is 0 Å². The molecule has 5 N–H and O–H groups in total. The minimum Gasteiger partial charge on any atom is -0.370 e. The zero-order chi connectivity index (χ0) is 30.0. The van der Waals surface area contributed by atoms with Crippen molar-refractivity contribution in [1.82, 2.24) is 10.2 Å². The second-order valence-electron chi connectivity index (χ2n) is 11.3. The largest absolute Gasteiger partial charge is 0.370 e. The van der Waals surface area contributed by atoms with Crippen molar-refractivity contribution in [3.63, 3.8) is 0 Å². The van der Waals surface area contributed by atoms with Crippen LogP contribution in [0.15, 0.2) is 108 Å². The van der Waals surface area contributed by atoms with Gasteiger partial charge in [-0.25, -0.2) is 0 Å². The number of nitrogens with two attached hydrogens (primary N) is 2. The summed E-state index contributed by atoms with van der Waals surface area (Å²) in [4.78, 5) is 33.4. The van der Waals surface area contributed by atoms with Crippen LogP contribution in [0.5, 0.6) is 0 Å². The standard InChI is InChI=1S/C36H41N5O2/c37-36(38)39-22-9-16-33-35(43)41(25-32(27-11-3-1-4-12-27)28-13-5-2-6-14-28)23-21-31(40-33)19-20-34(42)30-18-17-26-10-7-8-15-29(26)24-30/h1-8,10-15,17-18,24,31-33,40H,9,16,19-23,25H2,(H4,37,38,39)/t31-,33-/m0/s1. The van der Waals surface area contributed by atoms with Crippen molar-refractivity contribution < 1.29 is 9.59 Å². The zero-order valence-corrected chi connectivity index (χ0v) is 24.6. The Morgan fingerprint density at radius 3 is 2.19 bits per heavy atom. The van der Waals surface area contributed by atoms with Crippen LogP contribution in [0.3, 0.4) is 0 Å². The fourth-order valence-corrected chi connectivity index (χ4v) is 6.01. The van der Waals surface area contributed by atoms with E-state index in [2.05, 4.69) is 40.6 Å². The SMILES string of the molecule is NC(N)=NCCC[C@@H]1N[C@@H](CCC(=O)c2ccc3ccccc3c2)CCN(CC(c2ccccc2)c2ccccc2)C1=O. The van der Waals surface area contributed by atoms with Crippen LogP contribution in [-0.4, -0.2) is 54.3 Å². The number of nitrogens with one attached hydrogen (secondary N) is 1. The van der Waals surface area contributed by atoms with Crippen molar-refractivity contribution in [2.45, 2.75) is 50.1 Å². The van der Waals surface area contributed by atoms with Crippen LogP contribution in [0.1, 0.15) is 59.5 Å². The number of benzene rings is 4. The van der Waals surface area contributed by atoms with Crippen LogP contribution < -0.4 is 16.8 Å². The molecule has 4 aromatic rings. The second-order valence-corrected chi connectivity index (χ2v) is 11.3. The molecular weight excluding hydrogens is 534 g/mol. The smallest absolute Gasteiger partial charge is 0.239 e. The van der Waals surface area contributed by atoms with E-state index in [4.69, 9.17) is 11.5 Å². The molecule has 0 spiro atoms. The molecule has 1 fully saturated rings. The molecule has 1 aliphatic heterocycles. The number of carbonyl (C=O) groups excluding carboxylic acids is 2. The maximum Gasteiger partial charge on any atom is 0.239 e. The molecule has 0 saturated carbocycles. The van der Waals surface area contributed by atoms with E-state index in [1.807, 2.05) is 77.7 Å². The van der Waals surface area contributed by atoms with E-state index < -0.39 is 0 Å². The van der Waals surface area contributed by atoms with Gasteiger partial charge in [0.2, 0.25) is 5.91 Å². The third kappa shape index (κ3) is 8.08. The van der Waals surface area contributed by atoms with E-state index in [0.717, 1.165) is 22.8 Å². The Hall–Kier alpha value is -4.49. The Morgan fingerprint density at radius 1 is 0.860 bits per heavy atom. The molecule has 222 valence electrons. The van der Waals surface area contributed by atoms with Gasteiger partial charge in [-0.3, -0.25) is 14.6 Å². The van der Waals surface area contributed by atoms with Crippen LogP contribution in [-0.2, 0) is 4.79 Å². The Kier molecular flexibility index (Phi) is 10.2. The summed E-state index contributed by atoms with van der Waals surface area (Å²) in [5.74, 6) is 0.322. The van der Waals surface area contributed by atoms with Crippen LogP contribution >= 0.6 is 0 Å². The van der Waals surface area contributed by atoms with Gasteiger partial charge >= 0.3 is 0 Å². The summed E-state index contributed by atoms with van der Waals surface area (Å²) in [6.45, 7) is 1.68. The monoisotopic (exact) mass is 575 g/mol. The first-order valence-corrected chi connectivity index (χ1v) is 15.2. The van der Waals surface area contributed by atoms with Gasteiger partial charge < -0.3 is 21.7 Å². The molecule has 0 unspecified atom stereocenters. The molecule has 0 radical (unpaired) electrons. The Bertz CT molecular complexity index is 1500. The molecule has 43 heavy (non-hydrogen) atoms. The van der Waals surface area contributed by atoms with Crippen LogP contribution in [0.25, 0.3) is 10.8 Å². The molecular formula is C36H41N5O2. The van der Waals surface area contributed by atoms with E-state index in [1.165, 1.54) is 11.1 Å². The van der Waals surface area contributed by atoms with Gasteiger partial charge in [-0.05, 0) is 53.6 Å². The van der Waals surface area contributed by atoms with Gasteiger partial charge in [0.1, 0.15) is 0 Å². The molecule has 1 aliphatic rings. The van der Waals surface area contributed by atoms with Gasteiger partial charge in [0, 0.05) is 43.6 Å². The molecule has 1 saturated heterocycles. The number of fused-ring (bicyclic) bond motifs is 1. The van der Waals surface area contributed by atoms with Gasteiger partial charge in [0.05, 0.1) is 6.04 Å². The third-order valence-corrected chi connectivity index (χ3v) is 8.34. The van der Waals surface area contributed by atoms with Crippen molar-refractivity contribution in [2.75, 3.05) is 19.6 Å². The van der Waals surface area contributed by atoms with E-state index in [1.54, 1.807) is 0 Å². The first-order valence-electron chi connectivity index (χ1n) is 15.2. The molecule has 5 rings (SSSR count). The number of nitrogens with zero attached hydrogens (tertiary/aromatic N) is 2. The lowest BCUT2D eigenvalue weighted by molar-refractivity contribution is -0.133. The van der Waals surface area contributed by atoms with Gasteiger partial charge in [-0.1, -0.05) is 97.1 Å². The third-order valence-electron chi connectivity index (χ3n) is 8.34. The minimum absolute atomic E-state index is 0.0401. The highest BCUT2D eigenvalue weighted by Crippen LogP contribution is 2.27. The summed E-state index contributed by atoms with van der Waals surface area (Å²) in [5, 5.41) is 5.80. The second kappa shape index (κ2) is 14.6. The molecule has 1 amide bonds. The molecule has 0 aromatic heterocycles. The maximum absolute atomic E-state index is 14.0. The van der Waals surface area contributed by atoms with E-state index in [0.29, 0.717) is 45.3 Å². The summed E-state index contributed by atoms with van der Waals surface area (Å²) in [7, 11) is 0. The lowest BCUT2D eigenvalue weighted by Gasteiger charge is -2.29. The zero-order valence-electron chi connectivity index (χ0n) is 24.6. The van der Waals surface area contributed by atoms with Crippen molar-refractivity contribution >= 4 is 28.4 Å². The summed E-state index contributed by atoms with van der Waals surface area (Å²) in [6.07, 6.45) is 3.15. The predicted octanol–water partition coefficient (Wildman–Crippen LogP) is 5.25. The molecule has 4 aromatic carbocycles. The Morgan fingerprint density at radius 2 is 1.51 bits per heavy atom.